The molecule has 0 unspecified atom stereocenters. The molecular weight excluding hydrogens is 182 g/mol. The minimum Gasteiger partial charge on any atom is -0.326 e. The van der Waals surface area contributed by atoms with Gasteiger partial charge in [-0.15, -0.1) is 0 Å². The lowest BCUT2D eigenvalue weighted by atomic mass is 10.1. The minimum absolute atomic E-state index is 0.615. The Kier molecular flexibility index (Phi) is 24.8. The topological polar surface area (TPSA) is 26.0 Å². The molecule has 0 rings (SSSR count). The predicted molar refractivity (Wildman–Crippen MR) is 74.1 cm³/mol. The molecule has 0 saturated heterocycles. The van der Waals surface area contributed by atoms with Gasteiger partial charge in [-0.1, -0.05) is 65.0 Å². The molecule has 0 aliphatic rings. The number of rotatable bonds is 4. The molecule has 0 aromatic rings. The molecule has 15 heavy (non-hydrogen) atoms. The van der Waals surface area contributed by atoms with Crippen molar-refractivity contribution in [3.8, 4) is 0 Å². The summed E-state index contributed by atoms with van der Waals surface area (Å²) in [4.78, 5) is 0. The van der Waals surface area contributed by atoms with Gasteiger partial charge in [0.25, 0.3) is 0 Å². The van der Waals surface area contributed by atoms with Crippen LogP contribution in [-0.2, 0) is 0 Å². The van der Waals surface area contributed by atoms with E-state index in [2.05, 4.69) is 20.4 Å². The monoisotopic (exact) mass is 211 g/mol. The third-order valence-electron chi connectivity index (χ3n) is 1.73. The first-order chi connectivity index (χ1) is 7.26. The van der Waals surface area contributed by atoms with Gasteiger partial charge in [-0.25, -0.2) is 0 Å². The summed E-state index contributed by atoms with van der Waals surface area (Å²) in [6.07, 6.45) is 6.76. The van der Waals surface area contributed by atoms with Gasteiger partial charge < -0.3 is 5.73 Å². The van der Waals surface area contributed by atoms with Crippen molar-refractivity contribution in [3.63, 3.8) is 0 Å². The predicted octanol–water partition coefficient (Wildman–Crippen LogP) is 4.47. The molecule has 0 saturated carbocycles. The summed E-state index contributed by atoms with van der Waals surface area (Å²) in [7, 11) is 0. The summed E-state index contributed by atoms with van der Waals surface area (Å²) in [5, 5.41) is 0. The van der Waals surface area contributed by atoms with Crippen molar-refractivity contribution >= 4 is 0 Å². The van der Waals surface area contributed by atoms with Crippen LogP contribution in [0.1, 0.15) is 48.0 Å². The molecule has 0 aromatic heterocycles. The third-order valence-corrected chi connectivity index (χ3v) is 1.73. The van der Waals surface area contributed by atoms with Crippen LogP contribution in [0, 0.1) is 0 Å². The third kappa shape index (κ3) is 13.2. The molecule has 0 bridgehead atoms. The molecule has 1 heteroatoms. The van der Waals surface area contributed by atoms with Gasteiger partial charge in [0.05, 0.1) is 0 Å². The standard InChI is InChI=1S/C10H17N.2C2H6/c1-4-6-7-10(8-11)9(3)5-2;2*1-2/h4,6-7H,1,5,8,11H2,2-3H3;2*1-2H3/b7-6-,10-9-;;. The molecule has 0 atom stereocenters. The summed E-state index contributed by atoms with van der Waals surface area (Å²) < 4.78 is 0. The molecule has 90 valence electrons. The van der Waals surface area contributed by atoms with E-state index in [1.165, 1.54) is 11.1 Å². The maximum Gasteiger partial charge on any atom is 0.0177 e. The van der Waals surface area contributed by atoms with Crippen LogP contribution in [0.15, 0.2) is 36.0 Å². The lowest BCUT2D eigenvalue weighted by Crippen LogP contribution is -2.02. The SMILES string of the molecule is C=C/C=C\C(CN)=C(/C)CC.CC.CC. The molecule has 0 fully saturated rings. The highest BCUT2D eigenvalue weighted by Gasteiger charge is 1.92. The number of hydrogen-bond donors (Lipinski definition) is 1. The molecule has 0 radical (unpaired) electrons. The highest BCUT2D eigenvalue weighted by molar-refractivity contribution is 5.27. The molecule has 0 spiro atoms. The number of hydrogen-bond acceptors (Lipinski definition) is 1. The lowest BCUT2D eigenvalue weighted by molar-refractivity contribution is 1.03. The average molecular weight is 211 g/mol. The van der Waals surface area contributed by atoms with E-state index in [-0.39, 0.29) is 0 Å². The van der Waals surface area contributed by atoms with Crippen LogP contribution in [0.2, 0.25) is 0 Å². The van der Waals surface area contributed by atoms with Gasteiger partial charge >= 0.3 is 0 Å². The summed E-state index contributed by atoms with van der Waals surface area (Å²) in [5.41, 5.74) is 8.11. The summed E-state index contributed by atoms with van der Waals surface area (Å²) in [6, 6.07) is 0. The van der Waals surface area contributed by atoms with E-state index in [1.54, 1.807) is 6.08 Å². The van der Waals surface area contributed by atoms with Gasteiger partial charge in [-0.3, -0.25) is 0 Å². The minimum atomic E-state index is 0.615. The molecule has 0 amide bonds. The molecule has 0 aliphatic carbocycles. The largest absolute Gasteiger partial charge is 0.326 e. The van der Waals surface area contributed by atoms with Crippen LogP contribution in [0.25, 0.3) is 0 Å². The van der Waals surface area contributed by atoms with Crippen molar-refractivity contribution in [2.24, 2.45) is 5.73 Å². The second-order valence-electron chi connectivity index (χ2n) is 2.46. The van der Waals surface area contributed by atoms with Crippen LogP contribution in [0.5, 0.6) is 0 Å². The Morgan fingerprint density at radius 3 is 1.93 bits per heavy atom. The zero-order valence-corrected chi connectivity index (χ0v) is 11.4. The fourth-order valence-corrected chi connectivity index (χ4v) is 0.796. The lowest BCUT2D eigenvalue weighted by Gasteiger charge is -2.01. The Hall–Kier alpha value is -0.820. The van der Waals surface area contributed by atoms with Gasteiger partial charge in [0.15, 0.2) is 0 Å². The van der Waals surface area contributed by atoms with E-state index < -0.39 is 0 Å². The van der Waals surface area contributed by atoms with E-state index in [9.17, 15) is 0 Å². The van der Waals surface area contributed by atoms with Gasteiger partial charge in [-0.2, -0.15) is 0 Å². The van der Waals surface area contributed by atoms with E-state index in [0.29, 0.717) is 6.54 Å². The molecule has 2 N–H and O–H groups in total. The Bertz CT molecular complexity index is 176. The second kappa shape index (κ2) is 18.9. The Morgan fingerprint density at radius 2 is 1.67 bits per heavy atom. The van der Waals surface area contributed by atoms with Crippen molar-refractivity contribution < 1.29 is 0 Å². The van der Waals surface area contributed by atoms with Crippen molar-refractivity contribution in [1.29, 1.82) is 0 Å². The van der Waals surface area contributed by atoms with E-state index in [0.717, 1.165) is 6.42 Å². The van der Waals surface area contributed by atoms with Crippen molar-refractivity contribution in [1.82, 2.24) is 0 Å². The summed E-state index contributed by atoms with van der Waals surface area (Å²) in [5.74, 6) is 0. The van der Waals surface area contributed by atoms with Crippen molar-refractivity contribution in [2.45, 2.75) is 48.0 Å². The quantitative estimate of drug-likeness (QED) is 0.682. The fourth-order valence-electron chi connectivity index (χ4n) is 0.796. The van der Waals surface area contributed by atoms with Gasteiger partial charge in [0.1, 0.15) is 0 Å². The number of allylic oxidation sites excluding steroid dienone is 3. The fraction of sp³-hybridized carbons (Fsp3) is 0.571. The van der Waals surface area contributed by atoms with Crippen LogP contribution in [0.3, 0.4) is 0 Å². The van der Waals surface area contributed by atoms with Gasteiger partial charge in [0.2, 0.25) is 0 Å². The smallest absolute Gasteiger partial charge is 0.0177 e. The Morgan fingerprint density at radius 1 is 1.20 bits per heavy atom. The maximum absolute atomic E-state index is 5.55. The van der Waals surface area contributed by atoms with Gasteiger partial charge in [0, 0.05) is 6.54 Å². The zero-order valence-electron chi connectivity index (χ0n) is 11.4. The highest BCUT2D eigenvalue weighted by atomic mass is 14.5. The first kappa shape index (κ1) is 19.7. The molecule has 0 heterocycles. The van der Waals surface area contributed by atoms with Crippen LogP contribution < -0.4 is 5.73 Å². The molecule has 0 aliphatic heterocycles. The molecule has 1 nitrogen and oxygen atoms in total. The highest BCUT2D eigenvalue weighted by Crippen LogP contribution is 2.07. The van der Waals surface area contributed by atoms with E-state index in [4.69, 9.17) is 5.73 Å². The van der Waals surface area contributed by atoms with Crippen molar-refractivity contribution in [2.75, 3.05) is 6.54 Å². The van der Waals surface area contributed by atoms with Gasteiger partial charge in [-0.05, 0) is 18.9 Å². The average Bonchev–Trinajstić information content (AvgIpc) is 2.34. The van der Waals surface area contributed by atoms with Crippen LogP contribution in [0.4, 0.5) is 0 Å². The van der Waals surface area contributed by atoms with Crippen LogP contribution >= 0.6 is 0 Å². The molecular formula is C14H29N. The van der Waals surface area contributed by atoms with E-state index >= 15 is 0 Å². The zero-order chi connectivity index (χ0) is 12.7. The molecule has 0 aromatic carbocycles. The van der Waals surface area contributed by atoms with Crippen molar-refractivity contribution in [3.05, 3.63) is 36.0 Å². The summed E-state index contributed by atoms with van der Waals surface area (Å²) >= 11 is 0. The first-order valence-electron chi connectivity index (χ1n) is 5.94. The number of nitrogens with two attached hydrogens (primary N) is 1. The maximum atomic E-state index is 5.55. The Balaban J connectivity index is -0.000000318. The second-order valence-corrected chi connectivity index (χ2v) is 2.46. The summed E-state index contributed by atoms with van der Waals surface area (Å²) in [6.45, 7) is 16.5. The van der Waals surface area contributed by atoms with E-state index in [1.807, 2.05) is 39.8 Å². The first-order valence-corrected chi connectivity index (χ1v) is 5.94. The van der Waals surface area contributed by atoms with Crippen LogP contribution in [-0.4, -0.2) is 6.54 Å². The normalized spacial score (nSPS) is 10.6. The Labute approximate surface area is 96.8 Å².